The first-order chi connectivity index (χ1) is 13.5. The van der Waals surface area contributed by atoms with E-state index in [0.29, 0.717) is 11.3 Å². The van der Waals surface area contributed by atoms with Gasteiger partial charge in [0.2, 0.25) is 5.91 Å². The summed E-state index contributed by atoms with van der Waals surface area (Å²) < 4.78 is 18.2. The maximum Gasteiger partial charge on any atom is 0.279 e. The number of carbonyl (C=O) groups excluding carboxylic acids is 2. The van der Waals surface area contributed by atoms with Crippen molar-refractivity contribution in [3.8, 4) is 16.2 Å². The lowest BCUT2D eigenvalue weighted by Gasteiger charge is -2.07. The molecule has 0 spiro atoms. The number of amides is 2. The van der Waals surface area contributed by atoms with Crippen molar-refractivity contribution >= 4 is 23.2 Å². The summed E-state index contributed by atoms with van der Waals surface area (Å²) in [5.41, 5.74) is 6.64. The number of hydrogen-bond acceptors (Lipinski definition) is 4. The number of methoxy groups -OCH3 is 1. The van der Waals surface area contributed by atoms with Gasteiger partial charge in [-0.2, -0.15) is 0 Å². The van der Waals surface area contributed by atoms with Gasteiger partial charge in [0.05, 0.1) is 12.0 Å². The van der Waals surface area contributed by atoms with Crippen molar-refractivity contribution in [1.29, 1.82) is 0 Å². The molecule has 0 saturated carbocycles. The summed E-state index contributed by atoms with van der Waals surface area (Å²) in [6, 6.07) is 17.0. The Hall–Kier alpha value is -3.19. The number of benzene rings is 2. The summed E-state index contributed by atoms with van der Waals surface area (Å²) in [5.74, 6) is -0.254. The second kappa shape index (κ2) is 9.14. The normalized spacial score (nSPS) is 10.4. The first-order valence-electron chi connectivity index (χ1n) is 8.63. The number of nitrogens with one attached hydrogen (secondary N) is 2. The lowest BCUT2D eigenvalue weighted by atomic mass is 10.1. The van der Waals surface area contributed by atoms with E-state index in [1.54, 1.807) is 31.4 Å². The van der Waals surface area contributed by atoms with Gasteiger partial charge >= 0.3 is 0 Å². The maximum absolute atomic E-state index is 13.0. The molecule has 2 amide bonds. The molecule has 144 valence electrons. The summed E-state index contributed by atoms with van der Waals surface area (Å²) >= 11 is 1.27. The van der Waals surface area contributed by atoms with Crippen LogP contribution in [0.5, 0.6) is 5.75 Å². The van der Waals surface area contributed by atoms with E-state index in [1.165, 1.54) is 23.5 Å². The monoisotopic (exact) mass is 398 g/mol. The molecule has 3 rings (SSSR count). The van der Waals surface area contributed by atoms with Gasteiger partial charge in [0, 0.05) is 11.3 Å². The number of thiophene rings is 1. The molecule has 0 atom stereocenters. The second-order valence-electron chi connectivity index (χ2n) is 6.02. The molecule has 0 radical (unpaired) electrons. The number of rotatable bonds is 6. The average Bonchev–Trinajstić information content (AvgIpc) is 3.21. The number of carbonyl (C=O) groups is 2. The molecule has 7 heteroatoms. The van der Waals surface area contributed by atoms with E-state index < -0.39 is 5.91 Å². The Morgan fingerprint density at radius 2 is 1.82 bits per heavy atom. The van der Waals surface area contributed by atoms with Crippen molar-refractivity contribution in [1.82, 2.24) is 10.9 Å². The van der Waals surface area contributed by atoms with E-state index in [0.717, 1.165) is 21.8 Å². The highest BCUT2D eigenvalue weighted by Crippen LogP contribution is 2.28. The summed E-state index contributed by atoms with van der Waals surface area (Å²) in [6.07, 6.45) is 0.769. The zero-order chi connectivity index (χ0) is 19.9. The summed E-state index contributed by atoms with van der Waals surface area (Å²) in [5, 5.41) is 0. The zero-order valence-electron chi connectivity index (χ0n) is 15.2. The molecule has 2 N–H and O–H groups in total. The zero-order valence-corrected chi connectivity index (χ0v) is 16.0. The molecule has 0 saturated heterocycles. The van der Waals surface area contributed by atoms with Crippen molar-refractivity contribution < 1.29 is 18.7 Å². The highest BCUT2D eigenvalue weighted by molar-refractivity contribution is 7.17. The van der Waals surface area contributed by atoms with Crippen LogP contribution >= 0.6 is 11.3 Å². The van der Waals surface area contributed by atoms with Gasteiger partial charge in [-0.3, -0.25) is 20.4 Å². The van der Waals surface area contributed by atoms with E-state index in [1.807, 2.05) is 24.3 Å². The van der Waals surface area contributed by atoms with Crippen molar-refractivity contribution in [2.24, 2.45) is 0 Å². The van der Waals surface area contributed by atoms with Crippen LogP contribution in [0.25, 0.3) is 10.4 Å². The predicted molar refractivity (Wildman–Crippen MR) is 107 cm³/mol. The topological polar surface area (TPSA) is 67.4 Å². The van der Waals surface area contributed by atoms with Crippen LogP contribution in [0.2, 0.25) is 0 Å². The van der Waals surface area contributed by atoms with Crippen molar-refractivity contribution in [3.05, 3.63) is 76.9 Å². The summed E-state index contributed by atoms with van der Waals surface area (Å²) in [4.78, 5) is 25.5. The van der Waals surface area contributed by atoms with Gasteiger partial charge in [0.1, 0.15) is 11.6 Å². The number of halogens is 1. The lowest BCUT2D eigenvalue weighted by Crippen LogP contribution is -2.41. The van der Waals surface area contributed by atoms with E-state index in [9.17, 15) is 14.0 Å². The van der Waals surface area contributed by atoms with Crippen LogP contribution in [-0.2, 0) is 11.2 Å². The van der Waals surface area contributed by atoms with Gasteiger partial charge in [-0.05, 0) is 53.9 Å². The average molecular weight is 398 g/mol. The first-order valence-corrected chi connectivity index (χ1v) is 9.44. The molecular formula is C21H19FN2O3S. The van der Waals surface area contributed by atoms with E-state index in [2.05, 4.69) is 10.9 Å². The van der Waals surface area contributed by atoms with Crippen LogP contribution in [0.3, 0.4) is 0 Å². The minimum atomic E-state index is -0.395. The standard InChI is InChI=1S/C21H19FN2O3S/c1-27-17-4-2-3-14(13-17)5-12-20(25)23-24-21(26)19-11-10-18(28-19)15-6-8-16(22)9-7-15/h2-4,6-11,13H,5,12H2,1H3,(H,23,25)(H,24,26). The minimum Gasteiger partial charge on any atom is -0.497 e. The number of hydrogen-bond donors (Lipinski definition) is 2. The Labute approximate surface area is 166 Å². The van der Waals surface area contributed by atoms with Gasteiger partial charge < -0.3 is 4.74 Å². The third kappa shape index (κ3) is 5.17. The van der Waals surface area contributed by atoms with Gasteiger partial charge in [0.25, 0.3) is 5.91 Å². The molecule has 5 nitrogen and oxygen atoms in total. The molecule has 1 heterocycles. The number of hydrazine groups is 1. The minimum absolute atomic E-state index is 0.235. The van der Waals surface area contributed by atoms with Gasteiger partial charge in [-0.25, -0.2) is 4.39 Å². The summed E-state index contributed by atoms with van der Waals surface area (Å²) in [7, 11) is 1.59. The number of aryl methyl sites for hydroxylation is 1. The van der Waals surface area contributed by atoms with E-state index >= 15 is 0 Å². The molecule has 0 aliphatic heterocycles. The van der Waals surface area contributed by atoms with Gasteiger partial charge in [-0.15, -0.1) is 11.3 Å². The second-order valence-corrected chi connectivity index (χ2v) is 7.11. The van der Waals surface area contributed by atoms with E-state index in [-0.39, 0.29) is 18.1 Å². The highest BCUT2D eigenvalue weighted by atomic mass is 32.1. The third-order valence-corrected chi connectivity index (χ3v) is 5.18. The molecule has 0 unspecified atom stereocenters. The Morgan fingerprint density at radius 1 is 1.04 bits per heavy atom. The third-order valence-electron chi connectivity index (χ3n) is 4.05. The molecule has 28 heavy (non-hydrogen) atoms. The van der Waals surface area contributed by atoms with Crippen LogP contribution < -0.4 is 15.6 Å². The first kappa shape index (κ1) is 19.6. The van der Waals surface area contributed by atoms with Crippen LogP contribution in [0.15, 0.2) is 60.7 Å². The van der Waals surface area contributed by atoms with Crippen LogP contribution in [0.1, 0.15) is 21.7 Å². The molecule has 1 aromatic heterocycles. The van der Waals surface area contributed by atoms with Crippen LogP contribution in [-0.4, -0.2) is 18.9 Å². The molecule has 0 bridgehead atoms. The molecule has 0 aliphatic carbocycles. The van der Waals surface area contributed by atoms with Crippen molar-refractivity contribution in [2.75, 3.05) is 7.11 Å². The fourth-order valence-corrected chi connectivity index (χ4v) is 3.47. The molecule has 0 aliphatic rings. The van der Waals surface area contributed by atoms with Crippen molar-refractivity contribution in [3.63, 3.8) is 0 Å². The number of ether oxygens (including phenoxy) is 1. The highest BCUT2D eigenvalue weighted by Gasteiger charge is 2.11. The smallest absolute Gasteiger partial charge is 0.279 e. The SMILES string of the molecule is COc1cccc(CCC(=O)NNC(=O)c2ccc(-c3ccc(F)cc3)s2)c1. The van der Waals surface area contributed by atoms with Crippen LogP contribution in [0.4, 0.5) is 4.39 Å². The van der Waals surface area contributed by atoms with Crippen LogP contribution in [0, 0.1) is 5.82 Å². The lowest BCUT2D eigenvalue weighted by molar-refractivity contribution is -0.121. The molecular weight excluding hydrogens is 379 g/mol. The summed E-state index contributed by atoms with van der Waals surface area (Å²) in [6.45, 7) is 0. The Morgan fingerprint density at radius 3 is 2.57 bits per heavy atom. The quantitative estimate of drug-likeness (QED) is 0.618. The Kier molecular flexibility index (Phi) is 6.39. The Bertz CT molecular complexity index is 970. The van der Waals surface area contributed by atoms with Gasteiger partial charge in [-0.1, -0.05) is 24.3 Å². The van der Waals surface area contributed by atoms with Gasteiger partial charge in [0.15, 0.2) is 0 Å². The largest absolute Gasteiger partial charge is 0.497 e. The maximum atomic E-state index is 13.0. The predicted octanol–water partition coefficient (Wildman–Crippen LogP) is 3.96. The molecule has 3 aromatic rings. The Balaban J connectivity index is 1.49. The fraction of sp³-hybridized carbons (Fsp3) is 0.143. The fourth-order valence-electron chi connectivity index (χ4n) is 2.57. The van der Waals surface area contributed by atoms with Crippen molar-refractivity contribution in [2.45, 2.75) is 12.8 Å². The molecule has 0 fully saturated rings. The van der Waals surface area contributed by atoms with E-state index in [4.69, 9.17) is 4.74 Å². The molecule has 2 aromatic carbocycles.